The normalized spacial score (nSPS) is 10.6. The first kappa shape index (κ1) is 18.7. The third-order valence-electron chi connectivity index (χ3n) is 3.02. The van der Waals surface area contributed by atoms with Gasteiger partial charge in [0.05, 0.1) is 17.4 Å². The molecule has 0 saturated carbocycles. The van der Waals surface area contributed by atoms with Crippen molar-refractivity contribution in [3.05, 3.63) is 56.4 Å². The van der Waals surface area contributed by atoms with Crippen molar-refractivity contribution in [3.63, 3.8) is 0 Å². The largest absolute Gasteiger partial charge is 0.333 e. The van der Waals surface area contributed by atoms with Crippen molar-refractivity contribution >= 4 is 46.2 Å². The van der Waals surface area contributed by atoms with Crippen molar-refractivity contribution < 1.29 is 9.59 Å². The van der Waals surface area contributed by atoms with Gasteiger partial charge in [-0.3, -0.25) is 15.0 Å². The molecule has 8 heteroatoms. The molecule has 0 fully saturated rings. The number of urea groups is 1. The topological polar surface area (TPSA) is 61.4 Å². The van der Waals surface area contributed by atoms with Gasteiger partial charge in [-0.25, -0.2) is 4.79 Å². The minimum absolute atomic E-state index is 0.105. The number of thiophene rings is 2. The predicted octanol–water partition coefficient (Wildman–Crippen LogP) is 3.48. The van der Waals surface area contributed by atoms with Gasteiger partial charge in [0, 0.05) is 22.8 Å². The lowest BCUT2D eigenvalue weighted by Crippen LogP contribution is -2.44. The highest BCUT2D eigenvalue weighted by Gasteiger charge is 2.13. The summed E-state index contributed by atoms with van der Waals surface area (Å²) in [6.45, 7) is 5.33. The smallest absolute Gasteiger partial charge is 0.321 e. The van der Waals surface area contributed by atoms with Crippen molar-refractivity contribution in [1.29, 1.82) is 0 Å². The fourth-order valence-electron chi connectivity index (χ4n) is 2.02. The maximum Gasteiger partial charge on any atom is 0.321 e. The molecule has 0 atom stereocenters. The Morgan fingerprint density at radius 2 is 2.12 bits per heavy atom. The zero-order valence-corrected chi connectivity index (χ0v) is 15.3. The summed E-state index contributed by atoms with van der Waals surface area (Å²) in [5.74, 6) is -0.358. The number of nitrogens with zero attached hydrogens (tertiary/aromatic N) is 1. The van der Waals surface area contributed by atoms with E-state index in [1.165, 1.54) is 11.3 Å². The molecule has 128 valence electrons. The number of halogens is 1. The molecule has 0 bridgehead atoms. The SMILES string of the molecule is C=CCN(CC(=O)NC(=O)NCc1cccs1)Cc1ccc(Cl)s1. The number of hydrogen-bond donors (Lipinski definition) is 2. The second kappa shape index (κ2) is 9.58. The molecule has 0 aliphatic heterocycles. The predicted molar refractivity (Wildman–Crippen MR) is 99.5 cm³/mol. The van der Waals surface area contributed by atoms with E-state index < -0.39 is 6.03 Å². The summed E-state index contributed by atoms with van der Waals surface area (Å²) in [5, 5.41) is 6.93. The quantitative estimate of drug-likeness (QED) is 0.686. The highest BCUT2D eigenvalue weighted by Crippen LogP contribution is 2.22. The van der Waals surface area contributed by atoms with E-state index in [-0.39, 0.29) is 12.5 Å². The first-order chi connectivity index (χ1) is 11.6. The van der Waals surface area contributed by atoms with Gasteiger partial charge in [0.15, 0.2) is 0 Å². The Kier molecular flexibility index (Phi) is 7.45. The maximum absolute atomic E-state index is 12.0. The summed E-state index contributed by atoms with van der Waals surface area (Å²) in [4.78, 5) is 27.8. The lowest BCUT2D eigenvalue weighted by atomic mass is 10.3. The van der Waals surface area contributed by atoms with Gasteiger partial charge in [0.2, 0.25) is 5.91 Å². The zero-order valence-electron chi connectivity index (χ0n) is 13.0. The van der Waals surface area contributed by atoms with E-state index in [1.807, 2.05) is 34.5 Å². The first-order valence-corrected chi connectivity index (χ1v) is 9.31. The second-order valence-electron chi connectivity index (χ2n) is 4.97. The molecule has 24 heavy (non-hydrogen) atoms. The molecule has 0 saturated heterocycles. The van der Waals surface area contributed by atoms with Crippen LogP contribution in [0.4, 0.5) is 4.79 Å². The van der Waals surface area contributed by atoms with Crippen molar-refractivity contribution in [2.45, 2.75) is 13.1 Å². The van der Waals surface area contributed by atoms with E-state index in [1.54, 1.807) is 17.4 Å². The van der Waals surface area contributed by atoms with Crippen molar-refractivity contribution in [1.82, 2.24) is 15.5 Å². The van der Waals surface area contributed by atoms with E-state index in [2.05, 4.69) is 17.2 Å². The number of hydrogen-bond acceptors (Lipinski definition) is 5. The molecule has 5 nitrogen and oxygen atoms in total. The Morgan fingerprint density at radius 1 is 1.29 bits per heavy atom. The van der Waals surface area contributed by atoms with Crippen LogP contribution < -0.4 is 10.6 Å². The minimum Gasteiger partial charge on any atom is -0.333 e. The Hall–Kier alpha value is -1.67. The lowest BCUT2D eigenvalue weighted by molar-refractivity contribution is -0.121. The van der Waals surface area contributed by atoms with Gasteiger partial charge in [-0.05, 0) is 23.6 Å². The molecule has 0 aliphatic rings. The Morgan fingerprint density at radius 3 is 2.75 bits per heavy atom. The van der Waals surface area contributed by atoms with E-state index >= 15 is 0 Å². The second-order valence-corrected chi connectivity index (χ2v) is 7.81. The van der Waals surface area contributed by atoms with Crippen LogP contribution in [-0.4, -0.2) is 29.9 Å². The summed E-state index contributed by atoms with van der Waals surface area (Å²) in [5.41, 5.74) is 0. The summed E-state index contributed by atoms with van der Waals surface area (Å²) < 4.78 is 0.709. The number of amides is 3. The molecular weight excluding hydrogens is 366 g/mol. The summed E-state index contributed by atoms with van der Waals surface area (Å²) in [7, 11) is 0. The molecule has 0 aliphatic carbocycles. The molecule has 2 aromatic rings. The summed E-state index contributed by atoms with van der Waals surface area (Å²) >= 11 is 8.94. The average Bonchev–Trinajstić information content (AvgIpc) is 3.17. The van der Waals surface area contributed by atoms with Gasteiger partial charge in [-0.1, -0.05) is 23.7 Å². The molecule has 3 amide bonds. The molecule has 0 aromatic carbocycles. The van der Waals surface area contributed by atoms with Gasteiger partial charge >= 0.3 is 6.03 Å². The maximum atomic E-state index is 12.0. The molecule has 2 N–H and O–H groups in total. The Bertz CT molecular complexity index is 685. The van der Waals surface area contributed by atoms with Gasteiger partial charge in [-0.2, -0.15) is 0 Å². The van der Waals surface area contributed by atoms with Gasteiger partial charge < -0.3 is 5.32 Å². The van der Waals surface area contributed by atoms with Crippen LogP contribution in [0.3, 0.4) is 0 Å². The monoisotopic (exact) mass is 383 g/mol. The third-order valence-corrected chi connectivity index (χ3v) is 5.11. The molecule has 0 radical (unpaired) electrons. The van der Waals surface area contributed by atoms with Crippen LogP contribution in [0.5, 0.6) is 0 Å². The van der Waals surface area contributed by atoms with E-state index in [0.29, 0.717) is 24.0 Å². The molecule has 2 heterocycles. The molecular formula is C16H18ClN3O2S2. The summed E-state index contributed by atoms with van der Waals surface area (Å²) in [6, 6.07) is 7.09. The first-order valence-electron chi connectivity index (χ1n) is 7.24. The van der Waals surface area contributed by atoms with Crippen LogP contribution >= 0.6 is 34.3 Å². The van der Waals surface area contributed by atoms with Crippen LogP contribution in [0.25, 0.3) is 0 Å². The van der Waals surface area contributed by atoms with Gasteiger partial charge in [-0.15, -0.1) is 29.3 Å². The average molecular weight is 384 g/mol. The lowest BCUT2D eigenvalue weighted by Gasteiger charge is -2.19. The zero-order chi connectivity index (χ0) is 17.4. The van der Waals surface area contributed by atoms with E-state index in [0.717, 1.165) is 9.75 Å². The minimum atomic E-state index is -0.494. The number of rotatable bonds is 8. The van der Waals surface area contributed by atoms with Crippen molar-refractivity contribution in [3.8, 4) is 0 Å². The third kappa shape index (κ3) is 6.45. The summed E-state index contributed by atoms with van der Waals surface area (Å²) in [6.07, 6.45) is 1.72. The molecule has 2 aromatic heterocycles. The number of nitrogens with one attached hydrogen (secondary N) is 2. The van der Waals surface area contributed by atoms with E-state index in [4.69, 9.17) is 11.6 Å². The van der Waals surface area contributed by atoms with Crippen LogP contribution in [-0.2, 0) is 17.9 Å². The van der Waals surface area contributed by atoms with Crippen LogP contribution in [0.1, 0.15) is 9.75 Å². The highest BCUT2D eigenvalue weighted by atomic mass is 35.5. The van der Waals surface area contributed by atoms with E-state index in [9.17, 15) is 9.59 Å². The number of imide groups is 1. The van der Waals surface area contributed by atoms with Crippen LogP contribution in [0.2, 0.25) is 4.34 Å². The molecule has 0 unspecified atom stereocenters. The number of carbonyl (C=O) groups is 2. The fourth-order valence-corrected chi connectivity index (χ4v) is 3.79. The highest BCUT2D eigenvalue weighted by molar-refractivity contribution is 7.16. The van der Waals surface area contributed by atoms with Gasteiger partial charge in [0.1, 0.15) is 0 Å². The standard InChI is InChI=1S/C16H18ClN3O2S2/c1-2-7-20(10-13-5-6-14(17)24-13)11-15(21)19-16(22)18-9-12-4-3-8-23-12/h2-6,8H,1,7,9-11H2,(H2,18,19,21,22). The number of carbonyl (C=O) groups excluding carboxylic acids is 2. The molecule has 2 rings (SSSR count). The Balaban J connectivity index is 1.78. The molecule has 0 spiro atoms. The van der Waals surface area contributed by atoms with Crippen molar-refractivity contribution in [2.75, 3.05) is 13.1 Å². The van der Waals surface area contributed by atoms with Crippen LogP contribution in [0.15, 0.2) is 42.3 Å². The van der Waals surface area contributed by atoms with Crippen LogP contribution in [0, 0.1) is 0 Å². The Labute approximate surface area is 153 Å². The van der Waals surface area contributed by atoms with Gasteiger partial charge in [0.25, 0.3) is 0 Å². The fraction of sp³-hybridized carbons (Fsp3) is 0.250. The van der Waals surface area contributed by atoms with Crippen molar-refractivity contribution in [2.24, 2.45) is 0 Å².